The molecule has 2 nitrogen and oxygen atoms in total. The molecule has 6 aromatic rings. The lowest BCUT2D eigenvalue weighted by molar-refractivity contribution is 1.53. The molecule has 0 aromatic heterocycles. The van der Waals surface area contributed by atoms with Gasteiger partial charge in [-0.25, -0.2) is 0 Å². The van der Waals surface area contributed by atoms with Crippen LogP contribution < -0.4 is 5.73 Å². The average molecular weight is 491 g/mol. The van der Waals surface area contributed by atoms with E-state index in [1.165, 1.54) is 61.8 Å². The lowest BCUT2D eigenvalue weighted by Crippen LogP contribution is -1.90. The van der Waals surface area contributed by atoms with Crippen LogP contribution in [0.2, 0.25) is 0 Å². The van der Waals surface area contributed by atoms with Gasteiger partial charge in [-0.1, -0.05) is 127 Å². The Balaban J connectivity index is 0.000000226. The Kier molecular flexibility index (Phi) is 7.42. The Morgan fingerprint density at radius 2 is 1.08 bits per heavy atom. The maximum atomic E-state index is 7.02. The summed E-state index contributed by atoms with van der Waals surface area (Å²) in [5.41, 5.74) is 13.5. The van der Waals surface area contributed by atoms with Crippen molar-refractivity contribution < 1.29 is 0 Å². The zero-order valence-corrected chi connectivity index (χ0v) is 21.4. The van der Waals surface area contributed by atoms with Crippen molar-refractivity contribution in [1.82, 2.24) is 0 Å². The molecule has 0 aliphatic rings. The molecule has 0 aliphatic heterocycles. The van der Waals surface area contributed by atoms with Crippen LogP contribution >= 0.6 is 0 Å². The van der Waals surface area contributed by atoms with E-state index >= 15 is 0 Å². The van der Waals surface area contributed by atoms with E-state index in [2.05, 4.69) is 110 Å². The molecule has 0 bridgehead atoms. The van der Waals surface area contributed by atoms with Crippen LogP contribution in [0.4, 0.5) is 0 Å². The zero-order valence-electron chi connectivity index (χ0n) is 21.4. The summed E-state index contributed by atoms with van der Waals surface area (Å²) in [6.07, 6.45) is 2.68. The van der Waals surface area contributed by atoms with Crippen molar-refractivity contribution in [1.29, 1.82) is 5.41 Å². The third-order valence-electron chi connectivity index (χ3n) is 6.91. The first-order valence-electron chi connectivity index (χ1n) is 12.7. The normalized spacial score (nSPS) is 11.1. The van der Waals surface area contributed by atoms with Gasteiger partial charge in [0.25, 0.3) is 0 Å². The molecule has 3 N–H and O–H groups in total. The molecular formula is C36H30N2. The Bertz CT molecular complexity index is 1720. The Morgan fingerprint density at radius 1 is 0.553 bits per heavy atom. The highest BCUT2D eigenvalue weighted by atomic mass is 14.5. The minimum absolute atomic E-state index is 0.741. The lowest BCUT2D eigenvalue weighted by atomic mass is 9.87. The SMILES string of the molecule is Cc1c2ccccc2c(-c2ccccc2)c2ccc(-c3ccccc3)cc12.N=C/C(=C\N)c1ccccc1. The van der Waals surface area contributed by atoms with Crippen molar-refractivity contribution in [2.45, 2.75) is 6.92 Å². The molecule has 0 spiro atoms. The highest BCUT2D eigenvalue weighted by Gasteiger charge is 2.13. The summed E-state index contributed by atoms with van der Waals surface area (Å²) in [4.78, 5) is 0. The summed E-state index contributed by atoms with van der Waals surface area (Å²) in [5.74, 6) is 0. The third kappa shape index (κ3) is 4.98. The molecular weight excluding hydrogens is 460 g/mol. The van der Waals surface area contributed by atoms with Crippen LogP contribution in [0, 0.1) is 12.3 Å². The summed E-state index contributed by atoms with van der Waals surface area (Å²) >= 11 is 0. The molecule has 184 valence electrons. The number of hydrogen-bond acceptors (Lipinski definition) is 2. The molecule has 0 saturated carbocycles. The molecule has 0 saturated heterocycles. The molecule has 0 unspecified atom stereocenters. The van der Waals surface area contributed by atoms with E-state index in [9.17, 15) is 0 Å². The standard InChI is InChI=1S/C27H20.C9H10N2/c1-19-23-14-8-9-15-24(23)27(21-12-6-3-7-13-21)25-17-16-22(18-26(19)25)20-10-4-2-5-11-20;10-6-9(7-11)8-4-2-1-3-5-8/h2-18H,1H3;1-7,10H,11H2/b;9-7+,10-6?. The second-order valence-electron chi connectivity index (χ2n) is 9.17. The molecule has 0 radical (unpaired) electrons. The van der Waals surface area contributed by atoms with E-state index in [-0.39, 0.29) is 0 Å². The second-order valence-corrected chi connectivity index (χ2v) is 9.17. The topological polar surface area (TPSA) is 49.9 Å². The van der Waals surface area contributed by atoms with Gasteiger partial charge < -0.3 is 11.1 Å². The van der Waals surface area contributed by atoms with Crippen LogP contribution in [0.1, 0.15) is 11.1 Å². The van der Waals surface area contributed by atoms with Crippen molar-refractivity contribution >= 4 is 33.3 Å². The Labute approximate surface area is 224 Å². The lowest BCUT2D eigenvalue weighted by Gasteiger charge is -2.16. The number of fused-ring (bicyclic) bond motifs is 2. The van der Waals surface area contributed by atoms with E-state index < -0.39 is 0 Å². The molecule has 6 rings (SSSR count). The number of allylic oxidation sites excluding steroid dienone is 1. The number of nitrogens with one attached hydrogen (secondary N) is 1. The van der Waals surface area contributed by atoms with Gasteiger partial charge in [-0.05, 0) is 67.9 Å². The van der Waals surface area contributed by atoms with Crippen LogP contribution in [0.5, 0.6) is 0 Å². The van der Waals surface area contributed by atoms with Gasteiger partial charge in [0, 0.05) is 18.0 Å². The van der Waals surface area contributed by atoms with Crippen molar-refractivity contribution in [3.05, 3.63) is 151 Å². The number of aryl methyl sites for hydroxylation is 1. The number of hydrogen-bond donors (Lipinski definition) is 2. The van der Waals surface area contributed by atoms with Crippen molar-refractivity contribution in [2.75, 3.05) is 0 Å². The maximum absolute atomic E-state index is 7.02. The molecule has 0 aliphatic carbocycles. The fourth-order valence-corrected chi connectivity index (χ4v) is 4.98. The van der Waals surface area contributed by atoms with Crippen LogP contribution in [0.25, 0.3) is 49.4 Å². The fourth-order valence-electron chi connectivity index (χ4n) is 4.98. The highest BCUT2D eigenvalue weighted by Crippen LogP contribution is 2.40. The fraction of sp³-hybridized carbons (Fsp3) is 0.0278. The van der Waals surface area contributed by atoms with Crippen LogP contribution in [-0.4, -0.2) is 6.21 Å². The van der Waals surface area contributed by atoms with Crippen LogP contribution in [0.3, 0.4) is 0 Å². The Hall–Kier alpha value is -4.95. The number of nitrogens with two attached hydrogens (primary N) is 1. The minimum atomic E-state index is 0.741. The number of benzene rings is 6. The molecule has 0 heterocycles. The van der Waals surface area contributed by atoms with Gasteiger partial charge in [0.15, 0.2) is 0 Å². The maximum Gasteiger partial charge on any atom is 0.0270 e. The quantitative estimate of drug-likeness (QED) is 0.188. The molecule has 6 aromatic carbocycles. The molecule has 38 heavy (non-hydrogen) atoms. The van der Waals surface area contributed by atoms with Crippen molar-refractivity contribution in [3.63, 3.8) is 0 Å². The molecule has 0 atom stereocenters. The van der Waals surface area contributed by atoms with E-state index in [0.717, 1.165) is 11.1 Å². The van der Waals surface area contributed by atoms with Gasteiger partial charge in [-0.2, -0.15) is 0 Å². The van der Waals surface area contributed by atoms with Gasteiger partial charge in [0.05, 0.1) is 0 Å². The first kappa shape index (κ1) is 24.7. The van der Waals surface area contributed by atoms with E-state index in [0.29, 0.717) is 0 Å². The van der Waals surface area contributed by atoms with Gasteiger partial charge in [-0.3, -0.25) is 0 Å². The second kappa shape index (κ2) is 11.4. The summed E-state index contributed by atoms with van der Waals surface area (Å²) in [6, 6.07) is 46.6. The molecule has 2 heteroatoms. The highest BCUT2D eigenvalue weighted by molar-refractivity contribution is 6.15. The summed E-state index contributed by atoms with van der Waals surface area (Å²) in [7, 11) is 0. The first-order valence-corrected chi connectivity index (χ1v) is 12.7. The minimum Gasteiger partial charge on any atom is -0.404 e. The predicted molar refractivity (Wildman–Crippen MR) is 164 cm³/mol. The summed E-state index contributed by atoms with van der Waals surface area (Å²) in [6.45, 7) is 2.24. The smallest absolute Gasteiger partial charge is 0.0270 e. The Morgan fingerprint density at radius 3 is 1.68 bits per heavy atom. The van der Waals surface area contributed by atoms with Gasteiger partial charge in [0.2, 0.25) is 0 Å². The van der Waals surface area contributed by atoms with E-state index in [1.54, 1.807) is 0 Å². The van der Waals surface area contributed by atoms with Crippen LogP contribution in [-0.2, 0) is 0 Å². The van der Waals surface area contributed by atoms with Gasteiger partial charge in [0.1, 0.15) is 0 Å². The van der Waals surface area contributed by atoms with Crippen molar-refractivity contribution in [2.24, 2.45) is 5.73 Å². The third-order valence-corrected chi connectivity index (χ3v) is 6.91. The largest absolute Gasteiger partial charge is 0.404 e. The molecule has 0 amide bonds. The summed E-state index contributed by atoms with van der Waals surface area (Å²) < 4.78 is 0. The zero-order chi connectivity index (χ0) is 26.3. The van der Waals surface area contributed by atoms with Gasteiger partial charge in [-0.15, -0.1) is 0 Å². The van der Waals surface area contributed by atoms with Gasteiger partial charge >= 0.3 is 0 Å². The predicted octanol–water partition coefficient (Wildman–Crippen LogP) is 9.27. The number of rotatable bonds is 4. The molecule has 0 fully saturated rings. The van der Waals surface area contributed by atoms with E-state index in [4.69, 9.17) is 11.1 Å². The monoisotopic (exact) mass is 490 g/mol. The van der Waals surface area contributed by atoms with Crippen molar-refractivity contribution in [3.8, 4) is 22.3 Å². The first-order chi connectivity index (χ1) is 18.7. The average Bonchev–Trinajstić information content (AvgIpc) is 3.00. The van der Waals surface area contributed by atoms with Crippen LogP contribution in [0.15, 0.2) is 140 Å². The summed E-state index contributed by atoms with van der Waals surface area (Å²) in [5, 5.41) is 12.3. The van der Waals surface area contributed by atoms with E-state index in [1.807, 2.05) is 30.3 Å².